The van der Waals surface area contributed by atoms with Crippen molar-refractivity contribution >= 4 is 11.9 Å². The van der Waals surface area contributed by atoms with Crippen molar-refractivity contribution in [3.05, 3.63) is 35.4 Å². The van der Waals surface area contributed by atoms with E-state index in [1.165, 1.54) is 6.07 Å². The molecule has 0 aliphatic heterocycles. The minimum atomic E-state index is -0.546. The molecule has 1 saturated carbocycles. The Balaban J connectivity index is 2.07. The van der Waals surface area contributed by atoms with Crippen LogP contribution < -0.4 is 5.73 Å². The summed E-state index contributed by atoms with van der Waals surface area (Å²) in [5.74, 6) is -0.444. The first-order valence-corrected chi connectivity index (χ1v) is 5.69. The van der Waals surface area contributed by atoms with Gasteiger partial charge in [0.25, 0.3) is 0 Å². The monoisotopic (exact) mass is 233 g/mol. The highest BCUT2D eigenvalue weighted by molar-refractivity contribution is 5.97. The molecule has 1 fully saturated rings. The second-order valence-corrected chi connectivity index (χ2v) is 4.39. The Morgan fingerprint density at radius 3 is 2.59 bits per heavy atom. The van der Waals surface area contributed by atoms with Crippen LogP contribution in [0.3, 0.4) is 0 Å². The van der Waals surface area contributed by atoms with E-state index < -0.39 is 11.9 Å². The van der Waals surface area contributed by atoms with Gasteiger partial charge in [0, 0.05) is 5.56 Å². The van der Waals surface area contributed by atoms with Gasteiger partial charge < -0.3 is 10.5 Å². The molecule has 0 saturated heterocycles. The van der Waals surface area contributed by atoms with E-state index in [0.717, 1.165) is 12.8 Å². The number of primary amides is 1. The summed E-state index contributed by atoms with van der Waals surface area (Å²) in [5.41, 5.74) is 5.84. The Labute approximate surface area is 99.8 Å². The van der Waals surface area contributed by atoms with Crippen LogP contribution in [0.15, 0.2) is 24.3 Å². The fourth-order valence-corrected chi connectivity index (χ4v) is 1.70. The lowest BCUT2D eigenvalue weighted by Gasteiger charge is -2.12. The van der Waals surface area contributed by atoms with E-state index >= 15 is 0 Å². The molecule has 2 N–H and O–H groups in total. The zero-order valence-electron chi connectivity index (χ0n) is 9.68. The molecule has 1 amide bonds. The molecular formula is C13H15NO3. The molecule has 4 nitrogen and oxygen atoms in total. The standard InChI is InChI=1S/C13H15NO3/c1-8(9-5-6-9)17-13(16)11-4-2-3-10(7-11)12(14)15/h2-4,7-9H,5-6H2,1H3,(H2,14,15). The number of nitrogens with two attached hydrogens (primary N) is 1. The Hall–Kier alpha value is -1.84. The van der Waals surface area contributed by atoms with Gasteiger partial charge in [-0.2, -0.15) is 0 Å². The predicted octanol–water partition coefficient (Wildman–Crippen LogP) is 1.74. The molecule has 0 radical (unpaired) electrons. The summed E-state index contributed by atoms with van der Waals surface area (Å²) in [7, 11) is 0. The predicted molar refractivity (Wildman–Crippen MR) is 62.6 cm³/mol. The summed E-state index contributed by atoms with van der Waals surface area (Å²) >= 11 is 0. The number of hydrogen-bond donors (Lipinski definition) is 1. The average molecular weight is 233 g/mol. The maximum absolute atomic E-state index is 11.8. The molecule has 1 unspecified atom stereocenters. The summed E-state index contributed by atoms with van der Waals surface area (Å²) in [6, 6.07) is 6.28. The average Bonchev–Trinajstić information content (AvgIpc) is 3.12. The molecule has 1 aliphatic rings. The van der Waals surface area contributed by atoms with Gasteiger partial charge in [-0.3, -0.25) is 4.79 Å². The lowest BCUT2D eigenvalue weighted by Crippen LogP contribution is -2.18. The summed E-state index contributed by atoms with van der Waals surface area (Å²) < 4.78 is 5.30. The Morgan fingerprint density at radius 2 is 2.00 bits per heavy atom. The van der Waals surface area contributed by atoms with Crippen LogP contribution >= 0.6 is 0 Å². The molecule has 17 heavy (non-hydrogen) atoms. The second-order valence-electron chi connectivity index (χ2n) is 4.39. The van der Waals surface area contributed by atoms with Gasteiger partial charge in [0.15, 0.2) is 0 Å². The maximum Gasteiger partial charge on any atom is 0.338 e. The largest absolute Gasteiger partial charge is 0.459 e. The van der Waals surface area contributed by atoms with Crippen LogP contribution in [0.2, 0.25) is 0 Å². The number of ether oxygens (including phenoxy) is 1. The fraction of sp³-hybridized carbons (Fsp3) is 0.385. The third-order valence-electron chi connectivity index (χ3n) is 2.96. The van der Waals surface area contributed by atoms with Crippen LogP contribution in [-0.2, 0) is 4.74 Å². The number of rotatable bonds is 4. The molecule has 90 valence electrons. The number of carbonyl (C=O) groups excluding carboxylic acids is 2. The highest BCUT2D eigenvalue weighted by atomic mass is 16.5. The zero-order chi connectivity index (χ0) is 12.4. The van der Waals surface area contributed by atoms with Gasteiger partial charge in [0.05, 0.1) is 5.56 Å². The molecule has 2 rings (SSSR count). The Bertz CT molecular complexity index is 452. The minimum absolute atomic E-state index is 0.0558. The quantitative estimate of drug-likeness (QED) is 0.805. The SMILES string of the molecule is CC(OC(=O)c1cccc(C(N)=O)c1)C1CC1. The Kier molecular flexibility index (Phi) is 3.13. The summed E-state index contributed by atoms with van der Waals surface area (Å²) in [4.78, 5) is 22.8. The molecule has 0 spiro atoms. The molecule has 0 bridgehead atoms. The van der Waals surface area contributed by atoms with Crippen LogP contribution in [0.4, 0.5) is 0 Å². The second kappa shape index (κ2) is 4.57. The highest BCUT2D eigenvalue weighted by Gasteiger charge is 2.30. The van der Waals surface area contributed by atoms with Crippen LogP contribution in [0.1, 0.15) is 40.5 Å². The summed E-state index contributed by atoms with van der Waals surface area (Å²) in [6.45, 7) is 1.90. The first-order valence-electron chi connectivity index (χ1n) is 5.69. The van der Waals surface area contributed by atoms with Gasteiger partial charge in [0.2, 0.25) is 5.91 Å². The van der Waals surface area contributed by atoms with E-state index in [9.17, 15) is 9.59 Å². The number of carbonyl (C=O) groups is 2. The molecule has 1 aromatic rings. The van der Waals surface area contributed by atoms with Crippen molar-refractivity contribution in [2.45, 2.75) is 25.9 Å². The van der Waals surface area contributed by atoms with Crippen molar-refractivity contribution in [3.8, 4) is 0 Å². The van der Waals surface area contributed by atoms with Crippen molar-refractivity contribution in [2.75, 3.05) is 0 Å². The van der Waals surface area contributed by atoms with Gasteiger partial charge in [-0.25, -0.2) is 4.79 Å². The summed E-state index contributed by atoms with van der Waals surface area (Å²) in [5, 5.41) is 0. The van der Waals surface area contributed by atoms with Crippen molar-refractivity contribution in [3.63, 3.8) is 0 Å². The van der Waals surface area contributed by atoms with Gasteiger partial charge in [-0.1, -0.05) is 6.07 Å². The molecule has 1 atom stereocenters. The van der Waals surface area contributed by atoms with E-state index in [0.29, 0.717) is 17.0 Å². The van der Waals surface area contributed by atoms with Crippen molar-refractivity contribution in [1.29, 1.82) is 0 Å². The smallest absolute Gasteiger partial charge is 0.338 e. The third kappa shape index (κ3) is 2.84. The lowest BCUT2D eigenvalue weighted by atomic mass is 10.1. The number of esters is 1. The first-order chi connectivity index (χ1) is 8.08. The normalized spacial score (nSPS) is 16.3. The molecule has 4 heteroatoms. The van der Waals surface area contributed by atoms with Crippen molar-refractivity contribution < 1.29 is 14.3 Å². The molecule has 1 aliphatic carbocycles. The first kappa shape index (κ1) is 11.6. The zero-order valence-corrected chi connectivity index (χ0v) is 9.68. The topological polar surface area (TPSA) is 69.4 Å². The highest BCUT2D eigenvalue weighted by Crippen LogP contribution is 2.34. The minimum Gasteiger partial charge on any atom is -0.459 e. The molecule has 0 heterocycles. The number of hydrogen-bond acceptors (Lipinski definition) is 3. The molecule has 0 aromatic heterocycles. The number of benzene rings is 1. The van der Waals surface area contributed by atoms with Crippen LogP contribution in [0, 0.1) is 5.92 Å². The molecular weight excluding hydrogens is 218 g/mol. The Morgan fingerprint density at radius 1 is 1.35 bits per heavy atom. The van der Waals surface area contributed by atoms with E-state index in [2.05, 4.69) is 0 Å². The maximum atomic E-state index is 11.8. The third-order valence-corrected chi connectivity index (χ3v) is 2.96. The van der Waals surface area contributed by atoms with E-state index in [4.69, 9.17) is 10.5 Å². The van der Waals surface area contributed by atoms with Gasteiger partial charge >= 0.3 is 5.97 Å². The van der Waals surface area contributed by atoms with Gasteiger partial charge in [-0.05, 0) is 43.9 Å². The molecule has 1 aromatic carbocycles. The van der Waals surface area contributed by atoms with Gasteiger partial charge in [-0.15, -0.1) is 0 Å². The lowest BCUT2D eigenvalue weighted by molar-refractivity contribution is 0.0294. The van der Waals surface area contributed by atoms with E-state index in [1.54, 1.807) is 18.2 Å². The van der Waals surface area contributed by atoms with Crippen LogP contribution in [0.5, 0.6) is 0 Å². The van der Waals surface area contributed by atoms with Crippen LogP contribution in [-0.4, -0.2) is 18.0 Å². The summed E-state index contributed by atoms with van der Waals surface area (Å²) in [6.07, 6.45) is 2.19. The van der Waals surface area contributed by atoms with Crippen LogP contribution in [0.25, 0.3) is 0 Å². The van der Waals surface area contributed by atoms with Crippen molar-refractivity contribution in [1.82, 2.24) is 0 Å². The fourth-order valence-electron chi connectivity index (χ4n) is 1.70. The number of amides is 1. The van der Waals surface area contributed by atoms with Gasteiger partial charge in [0.1, 0.15) is 6.10 Å². The van der Waals surface area contributed by atoms with Crippen molar-refractivity contribution in [2.24, 2.45) is 11.7 Å². The van der Waals surface area contributed by atoms with E-state index in [1.807, 2.05) is 6.92 Å². The van der Waals surface area contributed by atoms with E-state index in [-0.39, 0.29) is 6.10 Å².